The Morgan fingerprint density at radius 2 is 1.52 bits per heavy atom. The van der Waals surface area contributed by atoms with Gasteiger partial charge in [0, 0.05) is 8.80 Å². The molecule has 0 aromatic heterocycles. The smallest absolute Gasteiger partial charge is 0.190 e. The van der Waals surface area contributed by atoms with E-state index in [0.29, 0.717) is 6.42 Å². The minimum absolute atomic E-state index is 0.220. The van der Waals surface area contributed by atoms with Crippen molar-refractivity contribution in [2.45, 2.75) is 121 Å². The number of benzene rings is 1. The Balaban J connectivity index is 1.46. The molecule has 1 unspecified atom stereocenters. The van der Waals surface area contributed by atoms with Gasteiger partial charge in [-0.1, -0.05) is 76.9 Å². The molecule has 0 N–H and O–H groups in total. The Kier molecular flexibility index (Phi) is 11.1. The van der Waals surface area contributed by atoms with E-state index in [9.17, 15) is 13.2 Å². The SMILES string of the molecule is CCCCCCC(F)COc1c(F)cc(C2CCC(C3CC[SiH](CCC)CC3)CC2)cc1F. The maximum absolute atomic E-state index is 14.7. The van der Waals surface area contributed by atoms with Crippen LogP contribution < -0.4 is 4.74 Å². The quantitative estimate of drug-likeness (QED) is 0.213. The number of rotatable bonds is 12. The third-order valence-corrected chi connectivity index (χ3v) is 12.0. The number of unbranched alkanes of at least 4 members (excludes halogenated alkanes) is 3. The molecule has 1 atom stereocenters. The summed E-state index contributed by atoms with van der Waals surface area (Å²) in [6, 6.07) is 7.42. The third kappa shape index (κ3) is 8.04. The van der Waals surface area contributed by atoms with Crippen LogP contribution in [-0.2, 0) is 0 Å². The molecule has 33 heavy (non-hydrogen) atoms. The van der Waals surface area contributed by atoms with E-state index in [1.807, 2.05) is 0 Å². The van der Waals surface area contributed by atoms with Gasteiger partial charge >= 0.3 is 0 Å². The molecule has 1 heterocycles. The van der Waals surface area contributed by atoms with Gasteiger partial charge in [-0.2, -0.15) is 0 Å². The molecule has 188 valence electrons. The molecule has 0 amide bonds. The predicted octanol–water partition coefficient (Wildman–Crippen LogP) is 8.97. The summed E-state index contributed by atoms with van der Waals surface area (Å²) in [7, 11) is -0.437. The molecular weight excluding hydrogens is 437 g/mol. The topological polar surface area (TPSA) is 9.23 Å². The van der Waals surface area contributed by atoms with Crippen LogP contribution in [0.3, 0.4) is 0 Å². The van der Waals surface area contributed by atoms with Crippen LogP contribution in [0.2, 0.25) is 18.1 Å². The van der Waals surface area contributed by atoms with E-state index in [1.165, 1.54) is 62.4 Å². The van der Waals surface area contributed by atoms with Crippen LogP contribution in [0, 0.1) is 23.5 Å². The monoisotopic (exact) mass is 482 g/mol. The summed E-state index contributed by atoms with van der Waals surface area (Å²) in [5, 5.41) is 0. The molecular formula is C28H45F3OSi. The van der Waals surface area contributed by atoms with Gasteiger partial charge in [-0.15, -0.1) is 0 Å². The molecule has 1 saturated heterocycles. The fraction of sp³-hybridized carbons (Fsp3) is 0.786. The van der Waals surface area contributed by atoms with Crippen LogP contribution in [0.1, 0.15) is 102 Å². The highest BCUT2D eigenvalue weighted by atomic mass is 28.3. The molecule has 1 saturated carbocycles. The van der Waals surface area contributed by atoms with Gasteiger partial charge in [-0.05, 0) is 67.6 Å². The first-order valence-electron chi connectivity index (χ1n) is 13.8. The zero-order valence-electron chi connectivity index (χ0n) is 20.9. The van der Waals surface area contributed by atoms with Gasteiger partial charge in [0.25, 0.3) is 0 Å². The Morgan fingerprint density at radius 3 is 2.12 bits per heavy atom. The Labute approximate surface area is 201 Å². The highest BCUT2D eigenvalue weighted by molar-refractivity contribution is 6.58. The van der Waals surface area contributed by atoms with Gasteiger partial charge in [0.05, 0.1) is 0 Å². The third-order valence-electron chi connectivity index (χ3n) is 8.30. The van der Waals surface area contributed by atoms with Crippen molar-refractivity contribution in [1.82, 2.24) is 0 Å². The van der Waals surface area contributed by atoms with Crippen molar-refractivity contribution in [3.63, 3.8) is 0 Å². The lowest BCUT2D eigenvalue weighted by atomic mass is 9.72. The first kappa shape index (κ1) is 26.6. The van der Waals surface area contributed by atoms with Gasteiger partial charge < -0.3 is 4.74 Å². The molecule has 1 aliphatic heterocycles. The lowest BCUT2D eigenvalue weighted by Crippen LogP contribution is -2.28. The van der Waals surface area contributed by atoms with Crippen molar-refractivity contribution in [2.75, 3.05) is 6.61 Å². The second kappa shape index (κ2) is 13.8. The van der Waals surface area contributed by atoms with Crippen LogP contribution in [0.5, 0.6) is 5.75 Å². The van der Waals surface area contributed by atoms with Crippen molar-refractivity contribution in [3.8, 4) is 5.75 Å². The van der Waals surface area contributed by atoms with Gasteiger partial charge in [0.1, 0.15) is 12.8 Å². The number of ether oxygens (including phenoxy) is 1. The number of halogens is 3. The summed E-state index contributed by atoms with van der Waals surface area (Å²) in [6.45, 7) is 4.14. The molecule has 2 fully saturated rings. The van der Waals surface area contributed by atoms with E-state index in [1.54, 1.807) is 0 Å². The lowest BCUT2D eigenvalue weighted by molar-refractivity contribution is 0.173. The van der Waals surface area contributed by atoms with Gasteiger partial charge in [-0.25, -0.2) is 13.2 Å². The number of hydrogen-bond acceptors (Lipinski definition) is 1. The summed E-state index contributed by atoms with van der Waals surface area (Å²) >= 11 is 0. The van der Waals surface area contributed by atoms with Crippen LogP contribution >= 0.6 is 0 Å². The van der Waals surface area contributed by atoms with E-state index in [0.717, 1.165) is 55.9 Å². The minimum Gasteiger partial charge on any atom is -0.485 e. The second-order valence-corrected chi connectivity index (χ2v) is 14.2. The van der Waals surface area contributed by atoms with E-state index < -0.39 is 32.4 Å². The second-order valence-electron chi connectivity index (χ2n) is 10.8. The molecule has 0 bridgehead atoms. The van der Waals surface area contributed by atoms with Gasteiger partial charge in [-0.3, -0.25) is 0 Å². The molecule has 1 nitrogen and oxygen atoms in total. The van der Waals surface area contributed by atoms with Crippen LogP contribution in [0.4, 0.5) is 13.2 Å². The average Bonchev–Trinajstić information content (AvgIpc) is 2.82. The number of hydrogen-bond donors (Lipinski definition) is 0. The fourth-order valence-electron chi connectivity index (χ4n) is 6.28. The molecule has 0 radical (unpaired) electrons. The van der Waals surface area contributed by atoms with Crippen LogP contribution in [0.15, 0.2) is 12.1 Å². The summed E-state index contributed by atoms with van der Waals surface area (Å²) < 4.78 is 48.6. The molecule has 0 spiro atoms. The van der Waals surface area contributed by atoms with Crippen LogP contribution in [-0.4, -0.2) is 21.6 Å². The maximum Gasteiger partial charge on any atom is 0.190 e. The maximum atomic E-state index is 14.7. The van der Waals surface area contributed by atoms with Crippen molar-refractivity contribution in [1.29, 1.82) is 0 Å². The summed E-state index contributed by atoms with van der Waals surface area (Å²) in [5.41, 5.74) is 0.742. The first-order chi connectivity index (χ1) is 16.0. The molecule has 1 aromatic carbocycles. The normalized spacial score (nSPS) is 26.8. The molecule has 3 rings (SSSR count). The Hall–Kier alpha value is -0.973. The lowest BCUT2D eigenvalue weighted by Gasteiger charge is -2.37. The van der Waals surface area contributed by atoms with E-state index in [-0.39, 0.29) is 12.5 Å². The van der Waals surface area contributed by atoms with Crippen molar-refractivity contribution in [2.24, 2.45) is 11.8 Å². The van der Waals surface area contributed by atoms with E-state index in [4.69, 9.17) is 4.74 Å². The summed E-state index contributed by atoms with van der Waals surface area (Å²) in [4.78, 5) is 0. The molecule has 1 aromatic rings. The van der Waals surface area contributed by atoms with Gasteiger partial charge in [0.2, 0.25) is 0 Å². The molecule has 1 aliphatic carbocycles. The van der Waals surface area contributed by atoms with Crippen LogP contribution in [0.25, 0.3) is 0 Å². The van der Waals surface area contributed by atoms with Crippen molar-refractivity contribution < 1.29 is 17.9 Å². The molecule has 2 aliphatic rings. The largest absolute Gasteiger partial charge is 0.485 e. The zero-order valence-corrected chi connectivity index (χ0v) is 22.1. The summed E-state index contributed by atoms with van der Waals surface area (Å²) in [5.74, 6) is 0.101. The van der Waals surface area contributed by atoms with Crippen molar-refractivity contribution in [3.05, 3.63) is 29.3 Å². The number of alkyl halides is 1. The van der Waals surface area contributed by atoms with E-state index >= 15 is 0 Å². The Bertz CT molecular complexity index is 673. The highest BCUT2D eigenvalue weighted by Crippen LogP contribution is 2.44. The Morgan fingerprint density at radius 1 is 0.879 bits per heavy atom. The summed E-state index contributed by atoms with van der Waals surface area (Å²) in [6.07, 6.45) is 11.7. The fourth-order valence-corrected chi connectivity index (χ4v) is 9.76. The predicted molar refractivity (Wildman–Crippen MR) is 135 cm³/mol. The zero-order chi connectivity index (χ0) is 23.6. The standard InChI is InChI=1S/C28H45F3OSi/c1-3-5-6-7-8-25(29)20-32-28-26(30)18-24(19-27(28)31)22-11-9-21(10-12-22)23-13-16-33(15-4-2)17-14-23/h18-19,21-23,25,33H,3-17,20H2,1-2H3. The van der Waals surface area contributed by atoms with Gasteiger partial charge in [0.15, 0.2) is 17.4 Å². The van der Waals surface area contributed by atoms with E-state index in [2.05, 4.69) is 13.8 Å². The highest BCUT2D eigenvalue weighted by Gasteiger charge is 2.32. The first-order valence-corrected chi connectivity index (χ1v) is 16.2. The minimum atomic E-state index is -1.18. The average molecular weight is 483 g/mol. The van der Waals surface area contributed by atoms with Crippen molar-refractivity contribution >= 4 is 8.80 Å². The molecule has 5 heteroatoms.